The monoisotopic (exact) mass is 320 g/mol. The number of nitrogens with zero attached hydrogens (tertiary/aromatic N) is 4. The van der Waals surface area contributed by atoms with Gasteiger partial charge in [-0.25, -0.2) is 9.37 Å². The van der Waals surface area contributed by atoms with Crippen LogP contribution in [0.1, 0.15) is 20.3 Å². The van der Waals surface area contributed by atoms with Gasteiger partial charge in [0.05, 0.1) is 17.1 Å². The van der Waals surface area contributed by atoms with Crippen molar-refractivity contribution in [3.63, 3.8) is 0 Å². The average molecular weight is 320 g/mol. The third kappa shape index (κ3) is 3.19. The highest BCUT2D eigenvalue weighted by atomic mass is 19.1. The summed E-state index contributed by atoms with van der Waals surface area (Å²) in [6, 6.07) is 5.12. The van der Waals surface area contributed by atoms with Crippen LogP contribution in [0.2, 0.25) is 0 Å². The van der Waals surface area contributed by atoms with E-state index in [-0.39, 0.29) is 11.9 Å². The maximum Gasteiger partial charge on any atom is 0.206 e. The number of halogens is 1. The van der Waals surface area contributed by atoms with Crippen LogP contribution in [0.3, 0.4) is 0 Å². The Hall–Kier alpha value is -1.66. The fourth-order valence-corrected chi connectivity index (χ4v) is 3.47. The van der Waals surface area contributed by atoms with Gasteiger partial charge >= 0.3 is 0 Å². The molecule has 0 aliphatic carbocycles. The largest absolute Gasteiger partial charge is 0.392 e. The standard InChI is InChI=1S/C17H25FN4O/c1-4-14-11-22(8-7-21(14)10-12(2)23)17-19-15-6-5-13(18)9-16(15)20(17)3/h5-6,9,12,14,23H,4,7-8,10-11H2,1-3H3. The van der Waals surface area contributed by atoms with Gasteiger partial charge in [0.2, 0.25) is 5.95 Å². The van der Waals surface area contributed by atoms with Gasteiger partial charge in [-0.15, -0.1) is 0 Å². The molecule has 3 rings (SSSR count). The Bertz CT molecular complexity index is 685. The van der Waals surface area contributed by atoms with Gasteiger partial charge in [-0.1, -0.05) is 6.92 Å². The first-order chi connectivity index (χ1) is 11.0. The Morgan fingerprint density at radius 2 is 2.17 bits per heavy atom. The van der Waals surface area contributed by atoms with E-state index in [2.05, 4.69) is 21.7 Å². The number of aliphatic hydroxyl groups excluding tert-OH is 1. The van der Waals surface area contributed by atoms with Crippen LogP contribution in [0.25, 0.3) is 11.0 Å². The molecule has 1 aliphatic rings. The lowest BCUT2D eigenvalue weighted by molar-refractivity contribution is 0.0882. The fourth-order valence-electron chi connectivity index (χ4n) is 3.47. The summed E-state index contributed by atoms with van der Waals surface area (Å²) in [6.07, 6.45) is 0.719. The number of β-amino-alcohol motifs (C(OH)–C–C–N with tert-alkyl or cyclic N) is 1. The van der Waals surface area contributed by atoms with E-state index < -0.39 is 0 Å². The third-order valence-electron chi connectivity index (χ3n) is 4.68. The Morgan fingerprint density at radius 1 is 1.39 bits per heavy atom. The van der Waals surface area contributed by atoms with E-state index in [9.17, 15) is 9.50 Å². The number of imidazole rings is 1. The first-order valence-electron chi connectivity index (χ1n) is 8.28. The van der Waals surface area contributed by atoms with Crippen LogP contribution in [0.5, 0.6) is 0 Å². The minimum Gasteiger partial charge on any atom is -0.392 e. The second kappa shape index (κ2) is 6.45. The predicted molar refractivity (Wildman–Crippen MR) is 90.2 cm³/mol. The fraction of sp³-hybridized carbons (Fsp3) is 0.588. The van der Waals surface area contributed by atoms with Crippen molar-refractivity contribution >= 4 is 17.0 Å². The van der Waals surface area contributed by atoms with E-state index in [0.29, 0.717) is 12.6 Å². The van der Waals surface area contributed by atoms with Crippen LogP contribution >= 0.6 is 0 Å². The first-order valence-corrected chi connectivity index (χ1v) is 8.28. The van der Waals surface area contributed by atoms with Gasteiger partial charge in [0.15, 0.2) is 0 Å². The van der Waals surface area contributed by atoms with Crippen LogP contribution in [-0.2, 0) is 7.05 Å². The number of hydrogen-bond donors (Lipinski definition) is 1. The summed E-state index contributed by atoms with van der Waals surface area (Å²) < 4.78 is 15.4. The molecule has 2 heterocycles. The van der Waals surface area contributed by atoms with Gasteiger partial charge in [0, 0.05) is 39.3 Å². The highest BCUT2D eigenvalue weighted by Gasteiger charge is 2.28. The number of aliphatic hydroxyl groups is 1. The number of anilines is 1. The van der Waals surface area contributed by atoms with E-state index in [0.717, 1.165) is 43.0 Å². The molecule has 0 spiro atoms. The minimum absolute atomic E-state index is 0.236. The number of hydrogen-bond acceptors (Lipinski definition) is 4. The summed E-state index contributed by atoms with van der Waals surface area (Å²) >= 11 is 0. The Morgan fingerprint density at radius 3 is 2.87 bits per heavy atom. The number of rotatable bonds is 4. The van der Waals surface area contributed by atoms with Gasteiger partial charge in [-0.2, -0.15) is 0 Å². The van der Waals surface area contributed by atoms with Crippen molar-refractivity contribution in [2.45, 2.75) is 32.4 Å². The van der Waals surface area contributed by atoms with Crippen molar-refractivity contribution in [3.05, 3.63) is 24.0 Å². The normalized spacial score (nSPS) is 21.1. The quantitative estimate of drug-likeness (QED) is 0.936. The second-order valence-corrected chi connectivity index (χ2v) is 6.46. The molecule has 2 unspecified atom stereocenters. The van der Waals surface area contributed by atoms with Crippen LogP contribution in [0, 0.1) is 5.82 Å². The van der Waals surface area contributed by atoms with Crippen molar-refractivity contribution in [2.24, 2.45) is 7.05 Å². The Balaban J connectivity index is 1.84. The highest BCUT2D eigenvalue weighted by molar-refractivity contribution is 5.78. The Kier molecular flexibility index (Phi) is 4.55. The molecule has 6 heteroatoms. The first kappa shape index (κ1) is 16.2. The van der Waals surface area contributed by atoms with Crippen molar-refractivity contribution in [1.82, 2.24) is 14.5 Å². The summed E-state index contributed by atoms with van der Waals surface area (Å²) in [7, 11) is 1.94. The third-order valence-corrected chi connectivity index (χ3v) is 4.68. The summed E-state index contributed by atoms with van der Waals surface area (Å²) in [6.45, 7) is 7.36. The van der Waals surface area contributed by atoms with Gasteiger partial charge in [-0.05, 0) is 31.5 Å². The Labute approximate surface area is 136 Å². The van der Waals surface area contributed by atoms with Crippen LogP contribution in [0.4, 0.5) is 10.3 Å². The number of aromatic nitrogens is 2. The van der Waals surface area contributed by atoms with Gasteiger partial charge in [-0.3, -0.25) is 4.90 Å². The molecule has 5 nitrogen and oxygen atoms in total. The average Bonchev–Trinajstić information content (AvgIpc) is 2.84. The van der Waals surface area contributed by atoms with Gasteiger partial charge in [0.1, 0.15) is 5.82 Å². The molecule has 2 aromatic rings. The van der Waals surface area contributed by atoms with Crippen molar-refractivity contribution in [3.8, 4) is 0 Å². The van der Waals surface area contributed by atoms with Gasteiger partial charge in [0.25, 0.3) is 0 Å². The molecule has 0 bridgehead atoms. The highest BCUT2D eigenvalue weighted by Crippen LogP contribution is 2.25. The SMILES string of the molecule is CCC1CN(c2nc3ccc(F)cc3n2C)CCN1CC(C)O. The number of fused-ring (bicyclic) bond motifs is 1. The number of aryl methyl sites for hydroxylation is 1. The van der Waals surface area contributed by atoms with E-state index in [1.165, 1.54) is 12.1 Å². The molecule has 0 radical (unpaired) electrons. The molecule has 1 fully saturated rings. The zero-order chi connectivity index (χ0) is 16.6. The predicted octanol–water partition coefficient (Wildman–Crippen LogP) is 1.99. The second-order valence-electron chi connectivity index (χ2n) is 6.46. The zero-order valence-electron chi connectivity index (χ0n) is 14.0. The van der Waals surface area contributed by atoms with Crippen molar-refractivity contribution < 1.29 is 9.50 Å². The number of benzene rings is 1. The van der Waals surface area contributed by atoms with E-state index >= 15 is 0 Å². The molecule has 1 aromatic heterocycles. The molecular weight excluding hydrogens is 295 g/mol. The lowest BCUT2D eigenvalue weighted by atomic mass is 10.1. The molecule has 0 saturated carbocycles. The molecule has 1 N–H and O–H groups in total. The maximum absolute atomic E-state index is 13.5. The molecule has 0 amide bonds. The molecule has 126 valence electrons. The van der Waals surface area contributed by atoms with E-state index in [1.807, 2.05) is 18.5 Å². The number of piperazine rings is 1. The molecular formula is C17H25FN4O. The van der Waals surface area contributed by atoms with E-state index in [4.69, 9.17) is 0 Å². The van der Waals surface area contributed by atoms with Gasteiger partial charge < -0.3 is 14.6 Å². The van der Waals surface area contributed by atoms with Crippen molar-refractivity contribution in [1.29, 1.82) is 0 Å². The summed E-state index contributed by atoms with van der Waals surface area (Å²) in [5, 5.41) is 9.66. The summed E-state index contributed by atoms with van der Waals surface area (Å²) in [5.41, 5.74) is 1.64. The maximum atomic E-state index is 13.5. The van der Waals surface area contributed by atoms with Crippen molar-refractivity contribution in [2.75, 3.05) is 31.1 Å². The molecule has 1 saturated heterocycles. The minimum atomic E-state index is -0.311. The van der Waals surface area contributed by atoms with Crippen LogP contribution in [0.15, 0.2) is 18.2 Å². The lowest BCUT2D eigenvalue weighted by Crippen LogP contribution is -2.55. The van der Waals surface area contributed by atoms with Crippen LogP contribution < -0.4 is 4.90 Å². The summed E-state index contributed by atoms with van der Waals surface area (Å²) in [4.78, 5) is 9.31. The molecule has 1 aromatic carbocycles. The lowest BCUT2D eigenvalue weighted by Gasteiger charge is -2.42. The van der Waals surface area contributed by atoms with Crippen LogP contribution in [-0.4, -0.2) is 57.9 Å². The molecule has 23 heavy (non-hydrogen) atoms. The summed E-state index contributed by atoms with van der Waals surface area (Å²) in [5.74, 6) is 0.654. The van der Waals surface area contributed by atoms with E-state index in [1.54, 1.807) is 6.07 Å². The molecule has 2 atom stereocenters. The zero-order valence-corrected chi connectivity index (χ0v) is 14.0. The topological polar surface area (TPSA) is 44.5 Å². The smallest absolute Gasteiger partial charge is 0.206 e. The molecule has 1 aliphatic heterocycles.